The van der Waals surface area contributed by atoms with Crippen molar-refractivity contribution in [2.45, 2.75) is 82.3 Å². The largest absolute Gasteiger partial charge is 0.394 e. The maximum Gasteiger partial charge on any atom is 0.186 e. The van der Waals surface area contributed by atoms with Gasteiger partial charge in [0.15, 0.2) is 6.29 Å². The smallest absolute Gasteiger partial charge is 0.186 e. The summed E-state index contributed by atoms with van der Waals surface area (Å²) in [5.74, 6) is 0. The van der Waals surface area contributed by atoms with Crippen molar-refractivity contribution >= 4 is 0 Å². The molecule has 25 heavy (non-hydrogen) atoms. The van der Waals surface area contributed by atoms with E-state index in [1.165, 1.54) is 25.7 Å². The Bertz CT molecular complexity index is 328. The second kappa shape index (κ2) is 12.9. The van der Waals surface area contributed by atoms with Crippen LogP contribution in [0.4, 0.5) is 0 Å². The molecule has 0 spiro atoms. The minimum absolute atomic E-state index is 0.104. The molecule has 8 nitrogen and oxygen atoms in total. The lowest BCUT2D eigenvalue weighted by Gasteiger charge is -2.39. The van der Waals surface area contributed by atoms with Crippen molar-refractivity contribution in [1.29, 1.82) is 0 Å². The normalized spacial score (nSPS) is 31.2. The molecule has 8 heteroatoms. The minimum Gasteiger partial charge on any atom is -0.394 e. The molecule has 1 fully saturated rings. The quantitative estimate of drug-likeness (QED) is 0.277. The molecule has 6 atom stereocenters. The Balaban J connectivity index is 2.13. The van der Waals surface area contributed by atoms with E-state index in [4.69, 9.17) is 19.3 Å². The van der Waals surface area contributed by atoms with Gasteiger partial charge in [0.05, 0.1) is 19.8 Å². The lowest BCUT2D eigenvalue weighted by Crippen LogP contribution is -2.59. The van der Waals surface area contributed by atoms with Crippen LogP contribution in [0.1, 0.15) is 45.4 Å². The Morgan fingerprint density at radius 3 is 2.28 bits per heavy atom. The maximum absolute atomic E-state index is 9.83. The highest BCUT2D eigenvalue weighted by Gasteiger charge is 2.44. The zero-order valence-electron chi connectivity index (χ0n) is 15.0. The van der Waals surface area contributed by atoms with Crippen LogP contribution in [-0.4, -0.2) is 88.8 Å². The summed E-state index contributed by atoms with van der Waals surface area (Å²) in [6.07, 6.45) is -0.559. The van der Waals surface area contributed by atoms with Crippen molar-refractivity contribution < 1.29 is 39.7 Å². The number of unbranched alkanes of at least 4 members (excludes halogenated alkanes) is 5. The predicted octanol–water partition coefficient (Wildman–Crippen LogP) is -0.459. The fraction of sp³-hybridized carbons (Fsp3) is 1.00. The molecular weight excluding hydrogens is 332 g/mol. The van der Waals surface area contributed by atoms with Crippen LogP contribution in [0, 0.1) is 0 Å². The lowest BCUT2D eigenvalue weighted by molar-refractivity contribution is -0.305. The molecule has 150 valence electrons. The number of aliphatic hydroxyl groups is 5. The van der Waals surface area contributed by atoms with Crippen molar-refractivity contribution in [3.05, 3.63) is 0 Å². The molecule has 1 unspecified atom stereocenters. The van der Waals surface area contributed by atoms with Gasteiger partial charge in [0, 0.05) is 6.61 Å². The van der Waals surface area contributed by atoms with Gasteiger partial charge in [-0.1, -0.05) is 39.0 Å². The highest BCUT2D eigenvalue weighted by Crippen LogP contribution is 2.22. The zero-order chi connectivity index (χ0) is 18.7. The van der Waals surface area contributed by atoms with E-state index in [0.29, 0.717) is 6.61 Å². The standard InChI is InChI=1S/C17H34O8/c1-2-3-4-5-6-7-8-23-10-12(19)11-24-17-16(22)15(21)14(20)13(9-18)25-17/h12-22H,2-11H2,1H3/t12?,13-,14+,15+,16-,17+/m1/s1. The van der Waals surface area contributed by atoms with E-state index in [9.17, 15) is 20.4 Å². The van der Waals surface area contributed by atoms with Crippen molar-refractivity contribution in [3.63, 3.8) is 0 Å². The molecule has 5 N–H and O–H groups in total. The monoisotopic (exact) mass is 366 g/mol. The van der Waals surface area contributed by atoms with Crippen molar-refractivity contribution in [1.82, 2.24) is 0 Å². The average Bonchev–Trinajstić information content (AvgIpc) is 2.61. The second-order valence-electron chi connectivity index (χ2n) is 6.53. The molecule has 1 saturated heterocycles. The Morgan fingerprint density at radius 1 is 0.920 bits per heavy atom. The summed E-state index contributed by atoms with van der Waals surface area (Å²) < 4.78 is 15.8. The molecule has 1 aliphatic rings. The van der Waals surface area contributed by atoms with Crippen LogP contribution in [0.5, 0.6) is 0 Å². The van der Waals surface area contributed by atoms with Gasteiger partial charge < -0.3 is 39.7 Å². The van der Waals surface area contributed by atoms with Gasteiger partial charge in [0.1, 0.15) is 30.5 Å². The third-order valence-corrected chi connectivity index (χ3v) is 4.25. The van der Waals surface area contributed by atoms with E-state index in [1.807, 2.05) is 0 Å². The van der Waals surface area contributed by atoms with Crippen molar-refractivity contribution in [2.24, 2.45) is 0 Å². The molecule has 0 aliphatic carbocycles. The number of rotatable bonds is 13. The Kier molecular flexibility index (Phi) is 11.8. The fourth-order valence-corrected chi connectivity index (χ4v) is 2.66. The summed E-state index contributed by atoms with van der Waals surface area (Å²) in [6.45, 7) is 2.18. The lowest BCUT2D eigenvalue weighted by atomic mass is 9.99. The first kappa shape index (κ1) is 22.7. The van der Waals surface area contributed by atoms with Crippen molar-refractivity contribution in [3.8, 4) is 0 Å². The van der Waals surface area contributed by atoms with Crippen LogP contribution in [0.3, 0.4) is 0 Å². The van der Waals surface area contributed by atoms with Gasteiger partial charge >= 0.3 is 0 Å². The number of ether oxygens (including phenoxy) is 3. The molecule has 0 aromatic carbocycles. The molecular formula is C17H34O8. The van der Waals surface area contributed by atoms with E-state index in [0.717, 1.165) is 12.8 Å². The zero-order valence-corrected chi connectivity index (χ0v) is 15.0. The van der Waals surface area contributed by atoms with Crippen LogP contribution >= 0.6 is 0 Å². The molecule has 0 aromatic heterocycles. The molecule has 0 aromatic rings. The molecule has 0 saturated carbocycles. The first-order chi connectivity index (χ1) is 12.0. The van der Waals surface area contributed by atoms with Crippen LogP contribution in [0.15, 0.2) is 0 Å². The van der Waals surface area contributed by atoms with Gasteiger partial charge in [-0.3, -0.25) is 0 Å². The summed E-state index contributed by atoms with van der Waals surface area (Å²) in [7, 11) is 0. The van der Waals surface area contributed by atoms with Gasteiger partial charge in [-0.2, -0.15) is 0 Å². The molecule has 1 rings (SSSR count). The second-order valence-corrected chi connectivity index (χ2v) is 6.53. The molecule has 0 bridgehead atoms. The van der Waals surface area contributed by atoms with Gasteiger partial charge in [-0.15, -0.1) is 0 Å². The fourth-order valence-electron chi connectivity index (χ4n) is 2.66. The summed E-state index contributed by atoms with van der Waals surface area (Å²) in [5, 5.41) is 48.1. The van der Waals surface area contributed by atoms with Gasteiger partial charge in [0.2, 0.25) is 0 Å². The topological polar surface area (TPSA) is 129 Å². The third-order valence-electron chi connectivity index (χ3n) is 4.25. The van der Waals surface area contributed by atoms with E-state index in [1.54, 1.807) is 0 Å². The Morgan fingerprint density at radius 2 is 1.60 bits per heavy atom. The molecule has 0 amide bonds. The van der Waals surface area contributed by atoms with Gasteiger partial charge in [-0.05, 0) is 6.42 Å². The van der Waals surface area contributed by atoms with Crippen LogP contribution < -0.4 is 0 Å². The molecule has 1 heterocycles. The van der Waals surface area contributed by atoms with Gasteiger partial charge in [0.25, 0.3) is 0 Å². The van der Waals surface area contributed by atoms with Crippen LogP contribution in [0.25, 0.3) is 0 Å². The van der Waals surface area contributed by atoms with E-state index >= 15 is 0 Å². The van der Waals surface area contributed by atoms with Crippen molar-refractivity contribution in [2.75, 3.05) is 26.4 Å². The molecule has 1 aliphatic heterocycles. The van der Waals surface area contributed by atoms with Gasteiger partial charge in [-0.25, -0.2) is 0 Å². The predicted molar refractivity (Wildman–Crippen MR) is 89.9 cm³/mol. The number of aliphatic hydroxyl groups excluding tert-OH is 5. The SMILES string of the molecule is CCCCCCCCOCC(O)CO[C@H]1O[C@H](CO)[C@H](O)[C@H](O)[C@H]1O. The number of hydrogen-bond acceptors (Lipinski definition) is 8. The Hall–Kier alpha value is -0.320. The van der Waals surface area contributed by atoms with E-state index in [2.05, 4.69) is 6.92 Å². The highest BCUT2D eigenvalue weighted by molar-refractivity contribution is 4.88. The average molecular weight is 366 g/mol. The summed E-state index contributed by atoms with van der Waals surface area (Å²) in [6, 6.07) is 0. The summed E-state index contributed by atoms with van der Waals surface area (Å²) in [4.78, 5) is 0. The summed E-state index contributed by atoms with van der Waals surface area (Å²) >= 11 is 0. The first-order valence-electron chi connectivity index (χ1n) is 9.19. The van der Waals surface area contributed by atoms with E-state index in [-0.39, 0.29) is 13.2 Å². The minimum atomic E-state index is -1.49. The van der Waals surface area contributed by atoms with E-state index < -0.39 is 43.4 Å². The highest BCUT2D eigenvalue weighted by atomic mass is 16.7. The third kappa shape index (κ3) is 8.27. The summed E-state index contributed by atoms with van der Waals surface area (Å²) in [5.41, 5.74) is 0. The van der Waals surface area contributed by atoms with Crippen LogP contribution in [0.2, 0.25) is 0 Å². The van der Waals surface area contributed by atoms with Crippen LogP contribution in [-0.2, 0) is 14.2 Å². The number of hydrogen-bond donors (Lipinski definition) is 5. The maximum atomic E-state index is 9.83. The Labute approximate surface area is 149 Å². The molecule has 0 radical (unpaired) electrons. The first-order valence-corrected chi connectivity index (χ1v) is 9.19.